The van der Waals surface area contributed by atoms with Crippen LogP contribution in [0.1, 0.15) is 36.2 Å². The molecule has 0 saturated carbocycles. The van der Waals surface area contributed by atoms with Crippen LogP contribution in [-0.4, -0.2) is 18.5 Å². The van der Waals surface area contributed by atoms with Gasteiger partial charge in [-0.1, -0.05) is 36.0 Å². The van der Waals surface area contributed by atoms with Gasteiger partial charge in [0.1, 0.15) is 0 Å². The lowest BCUT2D eigenvalue weighted by Gasteiger charge is -2.29. The molecule has 0 bridgehead atoms. The number of esters is 2. The Balaban J connectivity index is 2.44. The van der Waals surface area contributed by atoms with E-state index >= 15 is 0 Å². The minimum absolute atomic E-state index is 0.305. The molecule has 1 unspecified atom stereocenters. The number of carbonyl (C=O) groups excluding carboxylic acids is 2. The average Bonchev–Trinajstić information content (AvgIpc) is 2.88. The lowest BCUT2D eigenvalue weighted by atomic mass is 9.99. The van der Waals surface area contributed by atoms with E-state index < -0.39 is 10.9 Å². The Morgan fingerprint density at radius 1 is 1.35 bits per heavy atom. The van der Waals surface area contributed by atoms with Gasteiger partial charge in [0.05, 0.1) is 12.2 Å². The molecule has 1 aliphatic heterocycles. The summed E-state index contributed by atoms with van der Waals surface area (Å²) < 4.78 is 10.6. The van der Waals surface area contributed by atoms with Crippen LogP contribution in [0.3, 0.4) is 0 Å². The molecular weight excluding hydrogens is 276 g/mol. The number of rotatable bonds is 4. The molecule has 20 heavy (non-hydrogen) atoms. The van der Waals surface area contributed by atoms with Crippen LogP contribution >= 0.6 is 11.8 Å². The molecule has 1 heterocycles. The van der Waals surface area contributed by atoms with Crippen LogP contribution in [-0.2, 0) is 19.2 Å². The zero-order valence-electron chi connectivity index (χ0n) is 11.4. The Bertz CT molecular complexity index is 543. The maximum absolute atomic E-state index is 12.1. The van der Waals surface area contributed by atoms with E-state index in [1.807, 2.05) is 17.6 Å². The normalized spacial score (nSPS) is 20.7. The molecule has 0 fully saturated rings. The van der Waals surface area contributed by atoms with E-state index in [1.165, 1.54) is 18.7 Å². The third kappa shape index (κ3) is 2.88. The molecule has 1 aliphatic rings. The fourth-order valence-corrected chi connectivity index (χ4v) is 3.21. The standard InChI is InChI=1S/C15H16O4S/c1-3-18-14(17)12-7-4-5-8-13(12)15(19-11(2)16)9-6-10-20-15/h4-8,10H,3,9H2,1-2H3. The molecule has 1 aromatic rings. The van der Waals surface area contributed by atoms with Crippen LogP contribution in [0.25, 0.3) is 0 Å². The summed E-state index contributed by atoms with van der Waals surface area (Å²) in [5.41, 5.74) is 1.11. The zero-order valence-corrected chi connectivity index (χ0v) is 12.2. The van der Waals surface area contributed by atoms with E-state index in [0.717, 1.165) is 0 Å². The molecule has 5 heteroatoms. The number of hydrogen-bond acceptors (Lipinski definition) is 5. The number of benzene rings is 1. The molecule has 0 saturated heterocycles. The van der Waals surface area contributed by atoms with Crippen molar-refractivity contribution in [1.82, 2.24) is 0 Å². The first-order valence-corrected chi connectivity index (χ1v) is 7.26. The van der Waals surface area contributed by atoms with Crippen molar-refractivity contribution in [3.8, 4) is 0 Å². The summed E-state index contributed by atoms with van der Waals surface area (Å²) in [6.45, 7) is 3.43. The quantitative estimate of drug-likeness (QED) is 0.797. The Hall–Kier alpha value is -1.75. The highest BCUT2D eigenvalue weighted by molar-refractivity contribution is 8.03. The van der Waals surface area contributed by atoms with Crippen molar-refractivity contribution in [3.63, 3.8) is 0 Å². The number of hydrogen-bond donors (Lipinski definition) is 0. The Morgan fingerprint density at radius 3 is 2.70 bits per heavy atom. The average molecular weight is 292 g/mol. The predicted octanol–water partition coefficient (Wildman–Crippen LogP) is 3.23. The Morgan fingerprint density at radius 2 is 2.10 bits per heavy atom. The van der Waals surface area contributed by atoms with Gasteiger partial charge in [0.2, 0.25) is 0 Å². The summed E-state index contributed by atoms with van der Waals surface area (Å²) >= 11 is 1.39. The van der Waals surface area contributed by atoms with Gasteiger partial charge in [-0.2, -0.15) is 0 Å². The van der Waals surface area contributed by atoms with Crippen LogP contribution in [0.4, 0.5) is 0 Å². The van der Waals surface area contributed by atoms with E-state index in [1.54, 1.807) is 25.1 Å². The van der Waals surface area contributed by atoms with Gasteiger partial charge in [-0.3, -0.25) is 4.79 Å². The minimum Gasteiger partial charge on any atom is -0.462 e. The maximum atomic E-state index is 12.1. The van der Waals surface area contributed by atoms with Gasteiger partial charge in [-0.25, -0.2) is 4.79 Å². The molecule has 0 aromatic heterocycles. The topological polar surface area (TPSA) is 52.6 Å². The Kier molecular flexibility index (Phi) is 4.49. The van der Waals surface area contributed by atoms with Crippen molar-refractivity contribution >= 4 is 23.7 Å². The van der Waals surface area contributed by atoms with Crippen LogP contribution < -0.4 is 0 Å². The van der Waals surface area contributed by atoms with Gasteiger partial charge < -0.3 is 9.47 Å². The van der Waals surface area contributed by atoms with E-state index in [-0.39, 0.29) is 5.97 Å². The van der Waals surface area contributed by atoms with E-state index in [4.69, 9.17) is 9.47 Å². The maximum Gasteiger partial charge on any atom is 0.338 e. The summed E-state index contributed by atoms with van der Waals surface area (Å²) in [5, 5.41) is 1.88. The molecule has 0 N–H and O–H groups in total. The van der Waals surface area contributed by atoms with Crippen molar-refractivity contribution in [2.45, 2.75) is 25.2 Å². The van der Waals surface area contributed by atoms with E-state index in [2.05, 4.69) is 0 Å². The molecule has 2 rings (SSSR count). The first kappa shape index (κ1) is 14.7. The number of ether oxygens (including phenoxy) is 2. The predicted molar refractivity (Wildman–Crippen MR) is 77.2 cm³/mol. The molecule has 0 radical (unpaired) electrons. The first-order valence-electron chi connectivity index (χ1n) is 6.38. The number of carbonyl (C=O) groups is 2. The molecule has 106 valence electrons. The minimum atomic E-state index is -0.866. The largest absolute Gasteiger partial charge is 0.462 e. The zero-order chi connectivity index (χ0) is 14.6. The highest BCUT2D eigenvalue weighted by Crippen LogP contribution is 2.47. The van der Waals surface area contributed by atoms with Gasteiger partial charge in [0.15, 0.2) is 4.93 Å². The second-order valence-electron chi connectivity index (χ2n) is 4.31. The van der Waals surface area contributed by atoms with Crippen LogP contribution in [0, 0.1) is 0 Å². The summed E-state index contributed by atoms with van der Waals surface area (Å²) in [5.74, 6) is -0.776. The molecule has 0 spiro atoms. The smallest absolute Gasteiger partial charge is 0.338 e. The lowest BCUT2D eigenvalue weighted by Crippen LogP contribution is -2.28. The Labute approximate surface area is 122 Å². The van der Waals surface area contributed by atoms with E-state index in [0.29, 0.717) is 24.2 Å². The van der Waals surface area contributed by atoms with Gasteiger partial charge in [-0.05, 0) is 18.4 Å². The van der Waals surface area contributed by atoms with Crippen molar-refractivity contribution < 1.29 is 19.1 Å². The van der Waals surface area contributed by atoms with Gasteiger partial charge in [0, 0.05) is 18.9 Å². The van der Waals surface area contributed by atoms with Gasteiger partial charge in [-0.15, -0.1) is 0 Å². The summed E-state index contributed by atoms with van der Waals surface area (Å²) in [6, 6.07) is 7.08. The SMILES string of the molecule is CCOC(=O)c1ccccc1C1(OC(C)=O)CC=CS1. The molecule has 1 aromatic carbocycles. The molecular formula is C15H16O4S. The summed E-state index contributed by atoms with van der Waals surface area (Å²) in [4.78, 5) is 22.6. The van der Waals surface area contributed by atoms with Gasteiger partial charge in [0.25, 0.3) is 0 Å². The van der Waals surface area contributed by atoms with Crippen molar-refractivity contribution in [2.75, 3.05) is 6.61 Å². The van der Waals surface area contributed by atoms with E-state index in [9.17, 15) is 9.59 Å². The molecule has 0 aliphatic carbocycles. The second kappa shape index (κ2) is 6.13. The molecule has 4 nitrogen and oxygen atoms in total. The third-order valence-electron chi connectivity index (χ3n) is 2.88. The molecule has 1 atom stereocenters. The van der Waals surface area contributed by atoms with Crippen molar-refractivity contribution in [1.29, 1.82) is 0 Å². The number of thioether (sulfide) groups is 1. The molecule has 0 amide bonds. The second-order valence-corrected chi connectivity index (χ2v) is 5.47. The van der Waals surface area contributed by atoms with Crippen molar-refractivity contribution in [3.05, 3.63) is 46.9 Å². The highest BCUT2D eigenvalue weighted by atomic mass is 32.2. The summed E-state index contributed by atoms with van der Waals surface area (Å²) in [7, 11) is 0. The van der Waals surface area contributed by atoms with Crippen LogP contribution in [0.2, 0.25) is 0 Å². The summed E-state index contributed by atoms with van der Waals surface area (Å²) in [6.07, 6.45) is 2.46. The monoisotopic (exact) mass is 292 g/mol. The highest BCUT2D eigenvalue weighted by Gasteiger charge is 2.40. The van der Waals surface area contributed by atoms with Crippen LogP contribution in [0.15, 0.2) is 35.7 Å². The van der Waals surface area contributed by atoms with Gasteiger partial charge >= 0.3 is 11.9 Å². The lowest BCUT2D eigenvalue weighted by molar-refractivity contribution is -0.149. The fourth-order valence-electron chi connectivity index (χ4n) is 2.14. The first-order chi connectivity index (χ1) is 9.59. The fraction of sp³-hybridized carbons (Fsp3) is 0.333. The third-order valence-corrected chi connectivity index (χ3v) is 4.06. The van der Waals surface area contributed by atoms with Crippen LogP contribution in [0.5, 0.6) is 0 Å². The van der Waals surface area contributed by atoms with Crippen molar-refractivity contribution in [2.24, 2.45) is 0 Å².